The standard InChI is InChI=1S/C17H18N2O4/c1-3-16(20)19-13(14-8-5-9-23-14)10-12(18-19)11-6-4-7-15(22-2)17(11)21/h4-9,13,21H,3,10H2,1-2H3/t13-/m0/s1. The molecular formula is C17H18N2O4. The van der Waals surface area contributed by atoms with Crippen molar-refractivity contribution in [3.63, 3.8) is 0 Å². The number of furan rings is 1. The molecule has 1 aromatic carbocycles. The molecule has 1 aliphatic heterocycles. The monoisotopic (exact) mass is 314 g/mol. The molecule has 6 nitrogen and oxygen atoms in total. The molecule has 1 atom stereocenters. The van der Waals surface area contributed by atoms with Crippen molar-refractivity contribution in [3.05, 3.63) is 47.9 Å². The van der Waals surface area contributed by atoms with Gasteiger partial charge in [0.05, 0.1) is 19.1 Å². The van der Waals surface area contributed by atoms with E-state index >= 15 is 0 Å². The smallest absolute Gasteiger partial charge is 0.243 e. The van der Waals surface area contributed by atoms with Crippen LogP contribution in [-0.2, 0) is 4.79 Å². The first-order valence-electron chi connectivity index (χ1n) is 7.45. The van der Waals surface area contributed by atoms with Gasteiger partial charge < -0.3 is 14.3 Å². The average molecular weight is 314 g/mol. The number of ether oxygens (including phenoxy) is 1. The van der Waals surface area contributed by atoms with Gasteiger partial charge in [0.25, 0.3) is 0 Å². The van der Waals surface area contributed by atoms with Gasteiger partial charge in [-0.2, -0.15) is 5.10 Å². The Labute approximate surface area is 134 Å². The van der Waals surface area contributed by atoms with Crippen molar-refractivity contribution in [2.24, 2.45) is 5.10 Å². The zero-order chi connectivity index (χ0) is 16.4. The highest BCUT2D eigenvalue weighted by molar-refractivity contribution is 6.05. The van der Waals surface area contributed by atoms with Crippen molar-refractivity contribution in [2.45, 2.75) is 25.8 Å². The number of phenols is 1. The molecule has 0 spiro atoms. The van der Waals surface area contributed by atoms with Crippen LogP contribution < -0.4 is 4.74 Å². The number of methoxy groups -OCH3 is 1. The predicted molar refractivity (Wildman–Crippen MR) is 84.4 cm³/mol. The second kappa shape index (κ2) is 6.16. The number of hydrazone groups is 1. The van der Waals surface area contributed by atoms with Crippen molar-refractivity contribution >= 4 is 11.6 Å². The number of hydrogen-bond donors (Lipinski definition) is 1. The SMILES string of the molecule is CCC(=O)N1N=C(c2cccc(OC)c2O)C[C@H]1c1ccco1. The van der Waals surface area contributed by atoms with E-state index in [1.807, 2.05) is 6.07 Å². The first-order valence-corrected chi connectivity index (χ1v) is 7.45. The van der Waals surface area contributed by atoms with E-state index < -0.39 is 0 Å². The summed E-state index contributed by atoms with van der Waals surface area (Å²) < 4.78 is 10.6. The minimum atomic E-state index is -0.293. The second-order valence-corrected chi connectivity index (χ2v) is 5.23. The summed E-state index contributed by atoms with van der Waals surface area (Å²) in [5.74, 6) is 0.981. The number of amides is 1. The van der Waals surface area contributed by atoms with Crippen LogP contribution in [0.3, 0.4) is 0 Å². The molecule has 0 bridgehead atoms. The number of phenolic OH excluding ortho intramolecular Hbond substituents is 1. The Kier molecular flexibility index (Phi) is 4.06. The Morgan fingerprint density at radius 3 is 2.91 bits per heavy atom. The third-order valence-corrected chi connectivity index (χ3v) is 3.87. The summed E-state index contributed by atoms with van der Waals surface area (Å²) in [6.07, 6.45) is 2.39. The number of para-hydroxylation sites is 1. The number of carbonyl (C=O) groups is 1. The molecule has 23 heavy (non-hydrogen) atoms. The number of rotatable bonds is 4. The van der Waals surface area contributed by atoms with Crippen LogP contribution in [0.1, 0.15) is 37.1 Å². The lowest BCUT2D eigenvalue weighted by atomic mass is 10.0. The Bertz CT molecular complexity index is 737. The highest BCUT2D eigenvalue weighted by Gasteiger charge is 2.35. The Morgan fingerprint density at radius 1 is 1.43 bits per heavy atom. The molecule has 1 amide bonds. The lowest BCUT2D eigenvalue weighted by Crippen LogP contribution is -2.25. The molecular weight excluding hydrogens is 296 g/mol. The number of aromatic hydroxyl groups is 1. The quantitative estimate of drug-likeness (QED) is 0.941. The number of benzene rings is 1. The van der Waals surface area contributed by atoms with Crippen LogP contribution in [0, 0.1) is 0 Å². The first kappa shape index (κ1) is 15.1. The van der Waals surface area contributed by atoms with Gasteiger partial charge in [-0.3, -0.25) is 4.79 Å². The van der Waals surface area contributed by atoms with Gasteiger partial charge in [-0.15, -0.1) is 0 Å². The summed E-state index contributed by atoms with van der Waals surface area (Å²) >= 11 is 0. The summed E-state index contributed by atoms with van der Waals surface area (Å²) in [5, 5.41) is 16.2. The van der Waals surface area contributed by atoms with Gasteiger partial charge in [0, 0.05) is 18.4 Å². The summed E-state index contributed by atoms with van der Waals surface area (Å²) in [5.41, 5.74) is 1.19. The average Bonchev–Trinajstić information content (AvgIpc) is 3.23. The van der Waals surface area contributed by atoms with Gasteiger partial charge in [-0.1, -0.05) is 13.0 Å². The molecule has 1 aromatic heterocycles. The third-order valence-electron chi connectivity index (χ3n) is 3.87. The maximum absolute atomic E-state index is 12.2. The molecule has 0 fully saturated rings. The van der Waals surface area contributed by atoms with E-state index in [-0.39, 0.29) is 17.7 Å². The van der Waals surface area contributed by atoms with Crippen molar-refractivity contribution in [1.29, 1.82) is 0 Å². The van der Waals surface area contributed by atoms with Gasteiger partial charge >= 0.3 is 0 Å². The minimum Gasteiger partial charge on any atom is -0.504 e. The largest absolute Gasteiger partial charge is 0.504 e. The molecule has 1 aliphatic rings. The zero-order valence-electron chi connectivity index (χ0n) is 13.0. The Hall–Kier alpha value is -2.76. The summed E-state index contributed by atoms with van der Waals surface area (Å²) in [7, 11) is 1.49. The molecule has 6 heteroatoms. The molecule has 2 heterocycles. The molecule has 0 aliphatic carbocycles. The van der Waals surface area contributed by atoms with E-state index in [1.165, 1.54) is 12.1 Å². The van der Waals surface area contributed by atoms with E-state index in [2.05, 4.69) is 5.10 Å². The van der Waals surface area contributed by atoms with Crippen molar-refractivity contribution in [1.82, 2.24) is 5.01 Å². The van der Waals surface area contributed by atoms with Crippen LogP contribution in [0.25, 0.3) is 0 Å². The summed E-state index contributed by atoms with van der Waals surface area (Å²) in [6, 6.07) is 8.53. The van der Waals surface area contributed by atoms with Crippen LogP contribution in [0.2, 0.25) is 0 Å². The van der Waals surface area contributed by atoms with Crippen molar-refractivity contribution in [2.75, 3.05) is 7.11 Å². The molecule has 0 radical (unpaired) electrons. The summed E-state index contributed by atoms with van der Waals surface area (Å²) in [6.45, 7) is 1.79. The van der Waals surface area contributed by atoms with Crippen LogP contribution in [0.15, 0.2) is 46.1 Å². The lowest BCUT2D eigenvalue weighted by molar-refractivity contribution is -0.133. The third kappa shape index (κ3) is 2.67. The molecule has 3 rings (SSSR count). The van der Waals surface area contributed by atoms with Gasteiger partial charge in [0.2, 0.25) is 5.91 Å². The van der Waals surface area contributed by atoms with E-state index in [1.54, 1.807) is 37.5 Å². The highest BCUT2D eigenvalue weighted by Crippen LogP contribution is 2.37. The van der Waals surface area contributed by atoms with E-state index in [0.29, 0.717) is 35.6 Å². The maximum atomic E-state index is 12.2. The molecule has 2 aromatic rings. The van der Waals surface area contributed by atoms with Crippen molar-refractivity contribution in [3.8, 4) is 11.5 Å². The minimum absolute atomic E-state index is 0.0257. The fourth-order valence-electron chi connectivity index (χ4n) is 2.69. The van der Waals surface area contributed by atoms with Gasteiger partial charge in [0.15, 0.2) is 11.5 Å². The predicted octanol–water partition coefficient (Wildman–Crippen LogP) is 3.08. The molecule has 0 saturated carbocycles. The number of nitrogens with zero attached hydrogens (tertiary/aromatic N) is 2. The van der Waals surface area contributed by atoms with Crippen LogP contribution in [0.5, 0.6) is 11.5 Å². The normalized spacial score (nSPS) is 17.2. The zero-order valence-corrected chi connectivity index (χ0v) is 13.0. The molecule has 0 unspecified atom stereocenters. The van der Waals surface area contributed by atoms with E-state index in [4.69, 9.17) is 9.15 Å². The second-order valence-electron chi connectivity index (χ2n) is 5.23. The maximum Gasteiger partial charge on any atom is 0.243 e. The van der Waals surface area contributed by atoms with Crippen LogP contribution in [-0.4, -0.2) is 28.8 Å². The first-order chi connectivity index (χ1) is 11.2. The van der Waals surface area contributed by atoms with Crippen LogP contribution >= 0.6 is 0 Å². The summed E-state index contributed by atoms with van der Waals surface area (Å²) in [4.78, 5) is 12.2. The van der Waals surface area contributed by atoms with Crippen molar-refractivity contribution < 1.29 is 19.1 Å². The molecule has 0 saturated heterocycles. The fraction of sp³-hybridized carbons (Fsp3) is 0.294. The number of hydrogen-bond acceptors (Lipinski definition) is 5. The Morgan fingerprint density at radius 2 is 2.26 bits per heavy atom. The highest BCUT2D eigenvalue weighted by atomic mass is 16.5. The van der Waals surface area contributed by atoms with Crippen LogP contribution in [0.4, 0.5) is 0 Å². The van der Waals surface area contributed by atoms with Gasteiger partial charge in [0.1, 0.15) is 11.8 Å². The topological polar surface area (TPSA) is 75.3 Å². The Balaban J connectivity index is 1.99. The fourth-order valence-corrected chi connectivity index (χ4v) is 2.69. The molecule has 1 N–H and O–H groups in total. The van der Waals surface area contributed by atoms with Gasteiger partial charge in [-0.05, 0) is 24.3 Å². The van der Waals surface area contributed by atoms with Gasteiger partial charge in [-0.25, -0.2) is 5.01 Å². The van der Waals surface area contributed by atoms with E-state index in [9.17, 15) is 9.90 Å². The lowest BCUT2D eigenvalue weighted by Gasteiger charge is -2.18. The number of carbonyl (C=O) groups excluding carboxylic acids is 1. The van der Waals surface area contributed by atoms with E-state index in [0.717, 1.165) is 0 Å². The molecule has 120 valence electrons.